The number of allylic oxidation sites excluding steroid dienone is 3. The zero-order chi connectivity index (χ0) is 26.6. The topological polar surface area (TPSA) is 130 Å². The number of thiophene rings is 1. The van der Waals surface area contributed by atoms with Crippen LogP contribution in [-0.4, -0.2) is 27.4 Å². The summed E-state index contributed by atoms with van der Waals surface area (Å²) in [5, 5.41) is 16.0. The number of aromatic nitrogens is 3. The third kappa shape index (κ3) is 5.35. The highest BCUT2D eigenvalue weighted by Gasteiger charge is 2.19. The average molecular weight is 530 g/mol. The molecule has 1 atom stereocenters. The number of hydrogen-bond acceptors (Lipinski definition) is 8. The first-order chi connectivity index (χ1) is 18.4. The van der Waals surface area contributed by atoms with E-state index in [1.54, 1.807) is 11.3 Å². The molecule has 0 radical (unpaired) electrons. The van der Waals surface area contributed by atoms with Gasteiger partial charge in [-0.05, 0) is 54.5 Å². The maximum absolute atomic E-state index is 13.5. The van der Waals surface area contributed by atoms with E-state index in [-0.39, 0.29) is 30.0 Å². The van der Waals surface area contributed by atoms with E-state index in [9.17, 15) is 18.8 Å². The zero-order valence-electron chi connectivity index (χ0n) is 19.9. The Morgan fingerprint density at radius 3 is 2.84 bits per heavy atom. The van der Waals surface area contributed by atoms with Crippen molar-refractivity contribution < 1.29 is 13.6 Å². The first-order valence-electron chi connectivity index (χ1n) is 11.7. The highest BCUT2D eigenvalue weighted by atomic mass is 32.1. The molecule has 0 bridgehead atoms. The van der Waals surface area contributed by atoms with Crippen molar-refractivity contribution in [3.8, 4) is 16.5 Å². The Morgan fingerprint density at radius 1 is 1.16 bits per heavy atom. The molecule has 1 aliphatic carbocycles. The van der Waals surface area contributed by atoms with Gasteiger partial charge >= 0.3 is 0 Å². The van der Waals surface area contributed by atoms with Crippen molar-refractivity contribution in [3.63, 3.8) is 0 Å². The number of halogens is 2. The van der Waals surface area contributed by atoms with Gasteiger partial charge in [-0.2, -0.15) is 5.26 Å². The van der Waals surface area contributed by atoms with Crippen molar-refractivity contribution in [2.75, 3.05) is 17.6 Å². The maximum atomic E-state index is 13.5. The molecule has 38 heavy (non-hydrogen) atoms. The van der Waals surface area contributed by atoms with Crippen LogP contribution in [0.25, 0.3) is 21.3 Å². The van der Waals surface area contributed by atoms with Crippen molar-refractivity contribution in [3.05, 3.63) is 88.7 Å². The average Bonchev–Trinajstić information content (AvgIpc) is 3.41. The third-order valence-electron chi connectivity index (χ3n) is 6.04. The van der Waals surface area contributed by atoms with Gasteiger partial charge in [0.2, 0.25) is 0 Å². The molecular weight excluding hydrogens is 508 g/mol. The van der Waals surface area contributed by atoms with E-state index in [0.717, 1.165) is 38.4 Å². The number of amides is 1. The number of nitrogens with two attached hydrogens (primary N) is 1. The van der Waals surface area contributed by atoms with Gasteiger partial charge in [-0.25, -0.2) is 23.7 Å². The number of fused-ring (bicyclic) bond motifs is 1. The normalized spacial score (nSPS) is 14.9. The summed E-state index contributed by atoms with van der Waals surface area (Å²) in [4.78, 5) is 27.5. The van der Waals surface area contributed by atoms with Crippen LogP contribution in [0.1, 0.15) is 27.2 Å². The number of benzene rings is 1. The molecule has 190 valence electrons. The summed E-state index contributed by atoms with van der Waals surface area (Å²) < 4.78 is 26.8. The molecule has 0 saturated heterocycles. The van der Waals surface area contributed by atoms with Gasteiger partial charge in [0.25, 0.3) is 5.91 Å². The minimum atomic E-state index is -0.929. The molecule has 0 aliphatic heterocycles. The molecule has 4 aromatic rings. The molecule has 3 heterocycles. The molecule has 11 heteroatoms. The summed E-state index contributed by atoms with van der Waals surface area (Å²) in [6, 6.07) is 13.2. The lowest BCUT2D eigenvalue weighted by Gasteiger charge is -2.16. The SMILES string of the molecule is N#Cc1cnc(NCc2ccc(-c3ccc4ncnc(N)c4c3)s2)c(C(=O)NC[C@@H]2C=C(F)C(F)=CC2)c1. The van der Waals surface area contributed by atoms with Gasteiger partial charge in [-0.15, -0.1) is 11.3 Å². The van der Waals surface area contributed by atoms with Crippen LogP contribution >= 0.6 is 11.3 Å². The monoisotopic (exact) mass is 529 g/mol. The number of anilines is 2. The number of nitrogens with one attached hydrogen (secondary N) is 2. The molecule has 1 aromatic carbocycles. The van der Waals surface area contributed by atoms with Crippen LogP contribution in [0.3, 0.4) is 0 Å². The summed E-state index contributed by atoms with van der Waals surface area (Å²) in [6.07, 6.45) is 5.41. The lowest BCUT2D eigenvalue weighted by Crippen LogP contribution is -2.30. The molecular formula is C27H21F2N7OS. The number of hydrogen-bond donors (Lipinski definition) is 3. The molecule has 5 rings (SSSR count). The molecule has 0 fully saturated rings. The minimum absolute atomic E-state index is 0.113. The largest absolute Gasteiger partial charge is 0.383 e. The van der Waals surface area contributed by atoms with Crippen LogP contribution in [0.4, 0.5) is 20.4 Å². The molecule has 0 spiro atoms. The molecule has 8 nitrogen and oxygen atoms in total. The minimum Gasteiger partial charge on any atom is -0.383 e. The predicted octanol–water partition coefficient (Wildman–Crippen LogP) is 5.28. The number of nitrogens with zero attached hydrogens (tertiary/aromatic N) is 4. The van der Waals surface area contributed by atoms with Crippen molar-refractivity contribution in [1.29, 1.82) is 5.26 Å². The highest BCUT2D eigenvalue weighted by Crippen LogP contribution is 2.32. The summed E-state index contributed by atoms with van der Waals surface area (Å²) in [7, 11) is 0. The highest BCUT2D eigenvalue weighted by molar-refractivity contribution is 7.15. The van der Waals surface area contributed by atoms with Gasteiger partial charge in [-0.3, -0.25) is 4.79 Å². The van der Waals surface area contributed by atoms with E-state index in [1.165, 1.54) is 18.6 Å². The standard InChI is InChI=1S/C27H21F2N7OS/c28-21-4-1-15(8-22(21)29)11-34-27(37)20-7-16(10-30)12-32-26(20)33-13-18-3-6-24(38-18)17-2-5-23-19(9-17)25(31)36-14-35-23/h2-9,12,14-15H,1,11,13H2,(H,32,33)(H,34,37)(H2,31,35,36)/t15-/m0/s1. The summed E-state index contributed by atoms with van der Waals surface area (Å²) >= 11 is 1.57. The smallest absolute Gasteiger partial charge is 0.255 e. The van der Waals surface area contributed by atoms with E-state index in [4.69, 9.17) is 5.73 Å². The first kappa shape index (κ1) is 25.0. The second-order valence-corrected chi connectivity index (χ2v) is 9.78. The lowest BCUT2D eigenvalue weighted by molar-refractivity contribution is 0.0950. The lowest BCUT2D eigenvalue weighted by atomic mass is 9.99. The summed E-state index contributed by atoms with van der Waals surface area (Å²) in [6.45, 7) is 0.505. The Morgan fingerprint density at radius 2 is 2.03 bits per heavy atom. The maximum Gasteiger partial charge on any atom is 0.255 e. The van der Waals surface area contributed by atoms with Gasteiger partial charge in [0, 0.05) is 33.8 Å². The van der Waals surface area contributed by atoms with Gasteiger partial charge in [0.05, 0.1) is 23.2 Å². The summed E-state index contributed by atoms with van der Waals surface area (Å²) in [5.41, 5.74) is 8.17. The Kier molecular flexibility index (Phi) is 7.06. The van der Waals surface area contributed by atoms with Crippen molar-refractivity contribution in [2.24, 2.45) is 5.92 Å². The third-order valence-corrected chi connectivity index (χ3v) is 7.17. The number of carbonyl (C=O) groups is 1. The number of nitrogen functional groups attached to an aromatic ring is 1. The molecule has 1 amide bonds. The molecule has 0 saturated carbocycles. The van der Waals surface area contributed by atoms with E-state index in [1.807, 2.05) is 36.4 Å². The second kappa shape index (κ2) is 10.7. The number of nitriles is 1. The quantitative estimate of drug-likeness (QED) is 0.297. The van der Waals surface area contributed by atoms with Gasteiger partial charge in [0.15, 0.2) is 11.7 Å². The predicted molar refractivity (Wildman–Crippen MR) is 142 cm³/mol. The molecule has 4 N–H and O–H groups in total. The molecule has 1 aliphatic rings. The molecule has 3 aromatic heterocycles. The van der Waals surface area contributed by atoms with E-state index < -0.39 is 17.6 Å². The zero-order valence-corrected chi connectivity index (χ0v) is 20.7. The summed E-state index contributed by atoms with van der Waals surface area (Å²) in [5.74, 6) is -1.93. The number of rotatable bonds is 7. The Bertz CT molecular complexity index is 1640. The van der Waals surface area contributed by atoms with Crippen molar-refractivity contribution in [1.82, 2.24) is 20.3 Å². The Labute approximate surface area is 220 Å². The first-order valence-corrected chi connectivity index (χ1v) is 12.5. The fourth-order valence-electron chi connectivity index (χ4n) is 4.04. The van der Waals surface area contributed by atoms with Crippen molar-refractivity contribution in [2.45, 2.75) is 13.0 Å². The van der Waals surface area contributed by atoms with Crippen LogP contribution < -0.4 is 16.4 Å². The van der Waals surface area contributed by atoms with Crippen LogP contribution in [0.15, 0.2) is 72.7 Å². The second-order valence-electron chi connectivity index (χ2n) is 8.61. The van der Waals surface area contributed by atoms with Gasteiger partial charge in [-0.1, -0.05) is 6.07 Å². The van der Waals surface area contributed by atoms with Crippen LogP contribution in [-0.2, 0) is 6.54 Å². The Balaban J connectivity index is 1.29. The van der Waals surface area contributed by atoms with Gasteiger partial charge in [0.1, 0.15) is 24.0 Å². The molecule has 0 unspecified atom stereocenters. The van der Waals surface area contributed by atoms with Gasteiger partial charge < -0.3 is 16.4 Å². The van der Waals surface area contributed by atoms with E-state index in [2.05, 4.69) is 25.6 Å². The van der Waals surface area contributed by atoms with Crippen LogP contribution in [0.5, 0.6) is 0 Å². The van der Waals surface area contributed by atoms with E-state index >= 15 is 0 Å². The fraction of sp³-hybridized carbons (Fsp3) is 0.148. The number of pyridine rings is 1. The fourth-order valence-corrected chi connectivity index (χ4v) is 4.98. The Hall–Kier alpha value is -4.69. The number of carbonyl (C=O) groups excluding carboxylic acids is 1. The van der Waals surface area contributed by atoms with Crippen LogP contribution in [0, 0.1) is 17.2 Å². The van der Waals surface area contributed by atoms with E-state index in [0.29, 0.717) is 18.2 Å². The van der Waals surface area contributed by atoms with Crippen LogP contribution in [0.2, 0.25) is 0 Å². The van der Waals surface area contributed by atoms with Crippen molar-refractivity contribution >= 4 is 39.8 Å².